The second-order valence-electron chi connectivity index (χ2n) is 7.69. The summed E-state index contributed by atoms with van der Waals surface area (Å²) in [5, 5.41) is 12.8. The molecule has 0 spiro atoms. The monoisotopic (exact) mass is 500 g/mol. The van der Waals surface area contributed by atoms with Crippen molar-refractivity contribution in [3.05, 3.63) is 52.8 Å². The highest BCUT2D eigenvalue weighted by Gasteiger charge is 2.38. The number of nitrogens with one attached hydrogen (secondary N) is 1. The Hall–Kier alpha value is -2.83. The summed E-state index contributed by atoms with van der Waals surface area (Å²) < 4.78 is 49.4. The number of anilines is 1. The van der Waals surface area contributed by atoms with Gasteiger partial charge in [0.2, 0.25) is 0 Å². The predicted molar refractivity (Wildman–Crippen MR) is 117 cm³/mol. The Labute approximate surface area is 194 Å². The number of carbonyl (C=O) groups is 1. The van der Waals surface area contributed by atoms with Gasteiger partial charge < -0.3 is 24.8 Å². The highest BCUT2D eigenvalue weighted by Crippen LogP contribution is 2.45. The Balaban J connectivity index is 1.68. The van der Waals surface area contributed by atoms with Gasteiger partial charge in [-0.15, -0.1) is 0 Å². The lowest BCUT2D eigenvalue weighted by Crippen LogP contribution is -2.32. The zero-order chi connectivity index (χ0) is 24.9. The molecule has 1 aliphatic heterocycles. The van der Waals surface area contributed by atoms with Crippen LogP contribution in [0.1, 0.15) is 26.5 Å². The maximum absolute atomic E-state index is 13.8. The van der Waals surface area contributed by atoms with Crippen molar-refractivity contribution in [1.29, 1.82) is 0 Å². The summed E-state index contributed by atoms with van der Waals surface area (Å²) in [5.74, 6) is -1.97. The van der Waals surface area contributed by atoms with E-state index < -0.39 is 56.0 Å². The zero-order valence-corrected chi connectivity index (χ0v) is 19.4. The van der Waals surface area contributed by atoms with Gasteiger partial charge in [-0.3, -0.25) is 13.9 Å². The van der Waals surface area contributed by atoms with Crippen LogP contribution in [0, 0.1) is 5.82 Å². The molecule has 0 aliphatic carbocycles. The van der Waals surface area contributed by atoms with E-state index in [-0.39, 0.29) is 24.9 Å². The Morgan fingerprint density at radius 3 is 2.79 bits per heavy atom. The van der Waals surface area contributed by atoms with Crippen LogP contribution in [0.5, 0.6) is 5.75 Å². The van der Waals surface area contributed by atoms with E-state index >= 15 is 0 Å². The fraction of sp³-hybridized carbons (Fsp3) is 0.450. The highest BCUT2D eigenvalue weighted by molar-refractivity contribution is 7.52. The zero-order valence-electron chi connectivity index (χ0n) is 18.5. The number of aliphatic hydroxyl groups excluding tert-OH is 1. The lowest BCUT2D eigenvalue weighted by Gasteiger charge is -2.22. The molecular weight excluding hydrogens is 474 g/mol. The van der Waals surface area contributed by atoms with Crippen molar-refractivity contribution in [3.63, 3.8) is 0 Å². The quantitative estimate of drug-likeness (QED) is 0.319. The lowest BCUT2D eigenvalue weighted by atomic mass is 10.2. The molecule has 0 radical (unpaired) electrons. The molecule has 1 saturated heterocycles. The molecule has 4 unspecified atom stereocenters. The van der Waals surface area contributed by atoms with E-state index in [1.54, 1.807) is 44.2 Å². The van der Waals surface area contributed by atoms with Crippen molar-refractivity contribution < 1.29 is 37.4 Å². The first-order valence-electron chi connectivity index (χ1n) is 10.4. The van der Waals surface area contributed by atoms with Gasteiger partial charge in [-0.05, 0) is 26.0 Å². The number of nitrogens with zero attached hydrogens (tertiary/aromatic N) is 2. The van der Waals surface area contributed by atoms with Gasteiger partial charge in [0, 0.05) is 6.42 Å². The summed E-state index contributed by atoms with van der Waals surface area (Å²) in [6.07, 6.45) is -2.92. The molecule has 1 aromatic heterocycles. The largest absolute Gasteiger partial charge is 0.462 e. The number of carbonyl (C=O) groups excluding carboxylic acids is 1. The van der Waals surface area contributed by atoms with E-state index in [2.05, 4.69) is 10.1 Å². The molecule has 0 bridgehead atoms. The summed E-state index contributed by atoms with van der Waals surface area (Å²) in [5.41, 5.74) is 4.37. The second-order valence-corrected chi connectivity index (χ2v) is 9.44. The number of aliphatic hydroxyl groups is 1. The molecule has 2 aromatic rings. The van der Waals surface area contributed by atoms with E-state index in [1.807, 2.05) is 0 Å². The molecule has 34 heavy (non-hydrogen) atoms. The van der Waals surface area contributed by atoms with Crippen molar-refractivity contribution in [2.75, 3.05) is 18.9 Å². The molecule has 1 aromatic carbocycles. The normalized spacial score (nSPS) is 21.9. The third-order valence-corrected chi connectivity index (χ3v) is 6.04. The van der Waals surface area contributed by atoms with Crippen LogP contribution in [-0.2, 0) is 23.4 Å². The molecule has 0 amide bonds. The summed E-state index contributed by atoms with van der Waals surface area (Å²) in [7, 11) is -4.10. The Kier molecular flexibility index (Phi) is 8.39. The van der Waals surface area contributed by atoms with Gasteiger partial charge in [-0.2, -0.15) is 4.98 Å². The van der Waals surface area contributed by atoms with Gasteiger partial charge >= 0.3 is 19.4 Å². The van der Waals surface area contributed by atoms with Crippen molar-refractivity contribution in [2.45, 2.75) is 44.8 Å². The first-order valence-corrected chi connectivity index (χ1v) is 11.9. The number of esters is 1. The Morgan fingerprint density at radius 2 is 2.12 bits per heavy atom. The Bertz CT molecular complexity index is 1100. The van der Waals surface area contributed by atoms with Crippen LogP contribution in [0.4, 0.5) is 10.2 Å². The average Bonchev–Trinajstić information content (AvgIpc) is 3.14. The maximum Gasteiger partial charge on any atom is 0.459 e. The molecule has 0 saturated carbocycles. The maximum atomic E-state index is 13.8. The first-order chi connectivity index (χ1) is 16.1. The van der Waals surface area contributed by atoms with Gasteiger partial charge in [0.1, 0.15) is 18.4 Å². The minimum absolute atomic E-state index is 0.0240. The van der Waals surface area contributed by atoms with E-state index in [4.69, 9.17) is 24.3 Å². The summed E-state index contributed by atoms with van der Waals surface area (Å²) in [6.45, 7) is 2.54. The molecule has 1 fully saturated rings. The van der Waals surface area contributed by atoms with E-state index in [9.17, 15) is 23.7 Å². The van der Waals surface area contributed by atoms with Gasteiger partial charge in [0.25, 0.3) is 0 Å². The van der Waals surface area contributed by atoms with Gasteiger partial charge in [0.05, 0.1) is 25.0 Å². The third kappa shape index (κ3) is 6.84. The molecule has 2 heterocycles. The van der Waals surface area contributed by atoms with Crippen molar-refractivity contribution >= 4 is 19.5 Å². The van der Waals surface area contributed by atoms with Crippen molar-refractivity contribution in [1.82, 2.24) is 14.6 Å². The highest BCUT2D eigenvalue weighted by atomic mass is 31.2. The molecule has 186 valence electrons. The molecule has 4 atom stereocenters. The fourth-order valence-corrected chi connectivity index (χ4v) is 4.39. The molecule has 14 heteroatoms. The Morgan fingerprint density at radius 1 is 1.41 bits per heavy atom. The number of para-hydroxylation sites is 1. The van der Waals surface area contributed by atoms with Crippen molar-refractivity contribution in [3.8, 4) is 5.75 Å². The van der Waals surface area contributed by atoms with E-state index in [0.717, 1.165) is 10.8 Å². The third-order valence-electron chi connectivity index (χ3n) is 4.56. The van der Waals surface area contributed by atoms with Crippen molar-refractivity contribution in [2.24, 2.45) is 0 Å². The number of halogens is 1. The topological polar surface area (TPSA) is 164 Å². The number of nitrogen functional groups attached to an aromatic ring is 1. The van der Waals surface area contributed by atoms with E-state index in [1.165, 1.54) is 0 Å². The average molecular weight is 500 g/mol. The number of aromatic nitrogens is 2. The summed E-state index contributed by atoms with van der Waals surface area (Å²) >= 11 is 0. The van der Waals surface area contributed by atoms with Gasteiger partial charge in [0.15, 0.2) is 17.9 Å². The minimum Gasteiger partial charge on any atom is -0.462 e. The van der Waals surface area contributed by atoms with Crippen LogP contribution < -0.4 is 21.0 Å². The van der Waals surface area contributed by atoms with E-state index in [0.29, 0.717) is 0 Å². The number of benzene rings is 1. The second kappa shape index (κ2) is 11.1. The summed E-state index contributed by atoms with van der Waals surface area (Å²) in [6, 6.07) is 8.14. The molecule has 4 N–H and O–H groups in total. The van der Waals surface area contributed by atoms with Gasteiger partial charge in [-0.1, -0.05) is 18.2 Å². The van der Waals surface area contributed by atoms with Crippen LogP contribution >= 0.6 is 7.75 Å². The van der Waals surface area contributed by atoms with Crippen LogP contribution in [-0.4, -0.2) is 52.1 Å². The number of ether oxygens (including phenoxy) is 2. The smallest absolute Gasteiger partial charge is 0.459 e. The van der Waals surface area contributed by atoms with Crippen LogP contribution in [0.25, 0.3) is 0 Å². The van der Waals surface area contributed by atoms with Gasteiger partial charge in [-0.25, -0.2) is 18.8 Å². The lowest BCUT2D eigenvalue weighted by molar-refractivity contribution is -0.145. The predicted octanol–water partition coefficient (Wildman–Crippen LogP) is 1.36. The molecular formula is C20H26FN4O8P. The fourth-order valence-electron chi connectivity index (χ4n) is 3.10. The molecule has 3 rings (SSSR count). The van der Waals surface area contributed by atoms with Crippen LogP contribution in [0.2, 0.25) is 0 Å². The number of hydrogen-bond donors (Lipinski definition) is 3. The van der Waals surface area contributed by atoms with Crippen LogP contribution in [0.3, 0.4) is 0 Å². The molecule has 1 aliphatic rings. The SMILES string of the molecule is CC(C)OC(=O)CNP(=O)(OCC1CC(O)C(n2cc(F)c(N)nc2=O)O1)Oc1ccccc1. The number of nitrogens with two attached hydrogens (primary N) is 1. The number of hydrogen-bond acceptors (Lipinski definition) is 10. The number of rotatable bonds is 10. The van der Waals surface area contributed by atoms with Crippen LogP contribution in [0.15, 0.2) is 41.3 Å². The summed E-state index contributed by atoms with van der Waals surface area (Å²) in [4.78, 5) is 27.3. The standard InChI is InChI=1S/C20H26FN4O8P/c1-12(2)31-17(27)9-23-34(29,33-13-6-4-3-5-7-13)30-11-14-8-16(26)19(32-14)25-10-15(21)18(22)24-20(25)28/h3-7,10,12,14,16,19,26H,8-9,11H2,1-2H3,(H,23,29)(H2,22,24,28). The first kappa shape index (κ1) is 25.8. The minimum atomic E-state index is -4.10. The molecule has 12 nitrogen and oxygen atoms in total.